The van der Waals surface area contributed by atoms with Crippen molar-refractivity contribution in [1.82, 2.24) is 5.32 Å². The molecule has 0 aromatic rings. The van der Waals surface area contributed by atoms with Gasteiger partial charge in [-0.2, -0.15) is 0 Å². The number of nitrogens with two attached hydrogens (primary N) is 1. The summed E-state index contributed by atoms with van der Waals surface area (Å²) < 4.78 is 5.20. The van der Waals surface area contributed by atoms with Crippen molar-refractivity contribution in [3.8, 4) is 0 Å². The number of carbonyl (C=O) groups is 1. The Morgan fingerprint density at radius 3 is 2.73 bits per heavy atom. The van der Waals surface area contributed by atoms with E-state index in [1.54, 1.807) is 0 Å². The van der Waals surface area contributed by atoms with Crippen molar-refractivity contribution in [3.63, 3.8) is 0 Å². The standard InChI is InChI=1S/C11H20N2O2/c1-11(2)8(12)5-9(11)13-10(14)7-3-4-15-6-7/h7-9H,3-6,12H2,1-2H3,(H,13,14). The van der Waals surface area contributed by atoms with Crippen LogP contribution in [0.4, 0.5) is 0 Å². The van der Waals surface area contributed by atoms with Crippen molar-refractivity contribution >= 4 is 5.91 Å². The molecule has 1 saturated carbocycles. The Morgan fingerprint density at radius 2 is 2.27 bits per heavy atom. The first-order valence-electron chi connectivity index (χ1n) is 5.65. The fourth-order valence-corrected chi connectivity index (χ4v) is 2.24. The fourth-order valence-electron chi connectivity index (χ4n) is 2.24. The van der Waals surface area contributed by atoms with E-state index in [4.69, 9.17) is 10.5 Å². The highest BCUT2D eigenvalue weighted by Gasteiger charge is 2.47. The van der Waals surface area contributed by atoms with Gasteiger partial charge < -0.3 is 15.8 Å². The van der Waals surface area contributed by atoms with Gasteiger partial charge in [-0.25, -0.2) is 0 Å². The monoisotopic (exact) mass is 212 g/mol. The van der Waals surface area contributed by atoms with Crippen LogP contribution in [0.5, 0.6) is 0 Å². The lowest BCUT2D eigenvalue weighted by molar-refractivity contribution is -0.128. The van der Waals surface area contributed by atoms with Crippen LogP contribution in [-0.2, 0) is 9.53 Å². The maximum atomic E-state index is 11.8. The summed E-state index contributed by atoms with van der Waals surface area (Å²) in [6, 6.07) is 0.447. The van der Waals surface area contributed by atoms with Gasteiger partial charge in [0.05, 0.1) is 12.5 Å². The van der Waals surface area contributed by atoms with Crippen LogP contribution in [0.15, 0.2) is 0 Å². The van der Waals surface area contributed by atoms with Crippen molar-refractivity contribution in [2.75, 3.05) is 13.2 Å². The molecule has 0 radical (unpaired) electrons. The molecule has 0 spiro atoms. The molecule has 15 heavy (non-hydrogen) atoms. The summed E-state index contributed by atoms with van der Waals surface area (Å²) in [6.07, 6.45) is 1.75. The molecular formula is C11H20N2O2. The lowest BCUT2D eigenvalue weighted by Crippen LogP contribution is -2.65. The number of hydrogen-bond acceptors (Lipinski definition) is 3. The number of nitrogens with one attached hydrogen (secondary N) is 1. The van der Waals surface area contributed by atoms with Crippen molar-refractivity contribution in [2.24, 2.45) is 17.1 Å². The van der Waals surface area contributed by atoms with Gasteiger partial charge in [-0.15, -0.1) is 0 Å². The maximum Gasteiger partial charge on any atom is 0.225 e. The highest BCUT2D eigenvalue weighted by molar-refractivity contribution is 5.79. The van der Waals surface area contributed by atoms with E-state index in [0.29, 0.717) is 13.2 Å². The Labute approximate surface area is 90.5 Å². The quantitative estimate of drug-likeness (QED) is 0.690. The van der Waals surface area contributed by atoms with Gasteiger partial charge in [0.15, 0.2) is 0 Å². The molecular weight excluding hydrogens is 192 g/mol. The molecule has 3 N–H and O–H groups in total. The third kappa shape index (κ3) is 1.88. The molecule has 4 heteroatoms. The van der Waals surface area contributed by atoms with Gasteiger partial charge in [-0.05, 0) is 12.8 Å². The van der Waals surface area contributed by atoms with E-state index < -0.39 is 0 Å². The molecule has 2 aliphatic rings. The van der Waals surface area contributed by atoms with Gasteiger partial charge in [-0.3, -0.25) is 4.79 Å². The summed E-state index contributed by atoms with van der Waals surface area (Å²) in [7, 11) is 0. The van der Waals surface area contributed by atoms with Gasteiger partial charge in [-0.1, -0.05) is 13.8 Å². The minimum absolute atomic E-state index is 0.0368. The SMILES string of the molecule is CC1(C)C(N)CC1NC(=O)C1CCOC1. The minimum Gasteiger partial charge on any atom is -0.381 e. The van der Waals surface area contributed by atoms with Crippen LogP contribution in [0.3, 0.4) is 0 Å². The number of ether oxygens (including phenoxy) is 1. The van der Waals surface area contributed by atoms with E-state index in [-0.39, 0.29) is 29.3 Å². The van der Waals surface area contributed by atoms with E-state index in [2.05, 4.69) is 19.2 Å². The summed E-state index contributed by atoms with van der Waals surface area (Å²) >= 11 is 0. The Bertz CT molecular complexity index is 259. The van der Waals surface area contributed by atoms with Crippen LogP contribution in [0, 0.1) is 11.3 Å². The largest absolute Gasteiger partial charge is 0.381 e. The smallest absolute Gasteiger partial charge is 0.225 e. The Balaban J connectivity index is 1.85. The number of amides is 1. The van der Waals surface area contributed by atoms with Crippen molar-refractivity contribution in [2.45, 2.75) is 38.8 Å². The number of carbonyl (C=O) groups excluding carboxylic acids is 1. The second-order valence-electron chi connectivity index (χ2n) is 5.29. The average molecular weight is 212 g/mol. The molecule has 86 valence electrons. The number of hydrogen-bond donors (Lipinski definition) is 2. The van der Waals surface area contributed by atoms with Crippen LogP contribution in [0.2, 0.25) is 0 Å². The van der Waals surface area contributed by atoms with Crippen LogP contribution in [0.25, 0.3) is 0 Å². The first-order valence-corrected chi connectivity index (χ1v) is 5.65. The van der Waals surface area contributed by atoms with E-state index in [0.717, 1.165) is 12.8 Å². The topological polar surface area (TPSA) is 64.3 Å². The zero-order valence-corrected chi connectivity index (χ0v) is 9.45. The zero-order chi connectivity index (χ0) is 11.1. The molecule has 1 aliphatic carbocycles. The summed E-state index contributed by atoms with van der Waals surface area (Å²) in [5.74, 6) is 0.190. The van der Waals surface area contributed by atoms with Crippen LogP contribution in [-0.4, -0.2) is 31.2 Å². The predicted molar refractivity (Wildman–Crippen MR) is 57.2 cm³/mol. The Morgan fingerprint density at radius 1 is 1.53 bits per heavy atom. The highest BCUT2D eigenvalue weighted by atomic mass is 16.5. The van der Waals surface area contributed by atoms with Crippen molar-refractivity contribution < 1.29 is 9.53 Å². The third-order valence-electron chi connectivity index (χ3n) is 3.96. The normalized spacial score (nSPS) is 38.5. The summed E-state index contributed by atoms with van der Waals surface area (Å²) in [5.41, 5.74) is 5.94. The molecule has 4 nitrogen and oxygen atoms in total. The van der Waals surface area contributed by atoms with Crippen LogP contribution >= 0.6 is 0 Å². The molecule has 3 unspecified atom stereocenters. The van der Waals surface area contributed by atoms with Crippen molar-refractivity contribution in [3.05, 3.63) is 0 Å². The second kappa shape index (κ2) is 3.76. The highest BCUT2D eigenvalue weighted by Crippen LogP contribution is 2.39. The van der Waals surface area contributed by atoms with Gasteiger partial charge >= 0.3 is 0 Å². The molecule has 1 amide bonds. The maximum absolute atomic E-state index is 11.8. The molecule has 3 atom stereocenters. The van der Waals surface area contributed by atoms with Crippen LogP contribution < -0.4 is 11.1 Å². The molecule has 0 bridgehead atoms. The van der Waals surface area contributed by atoms with E-state index in [9.17, 15) is 4.79 Å². The Hall–Kier alpha value is -0.610. The summed E-state index contributed by atoms with van der Waals surface area (Å²) in [6.45, 7) is 5.51. The molecule has 1 aliphatic heterocycles. The first-order chi connectivity index (χ1) is 7.01. The van der Waals surface area contributed by atoms with Gasteiger partial charge in [0.25, 0.3) is 0 Å². The minimum atomic E-state index is 0.0368. The Kier molecular flexibility index (Phi) is 2.73. The van der Waals surface area contributed by atoms with E-state index in [1.165, 1.54) is 0 Å². The zero-order valence-electron chi connectivity index (χ0n) is 9.45. The van der Waals surface area contributed by atoms with E-state index in [1.807, 2.05) is 0 Å². The van der Waals surface area contributed by atoms with Gasteiger partial charge in [0.2, 0.25) is 5.91 Å². The van der Waals surface area contributed by atoms with Crippen molar-refractivity contribution in [1.29, 1.82) is 0 Å². The molecule has 1 saturated heterocycles. The number of rotatable bonds is 2. The first kappa shape index (κ1) is 10.9. The van der Waals surface area contributed by atoms with Gasteiger partial charge in [0, 0.05) is 24.1 Å². The summed E-state index contributed by atoms with van der Waals surface area (Å²) in [4.78, 5) is 11.8. The van der Waals surface area contributed by atoms with Crippen LogP contribution in [0.1, 0.15) is 26.7 Å². The average Bonchev–Trinajstić information content (AvgIpc) is 2.70. The lowest BCUT2D eigenvalue weighted by atomic mass is 9.63. The summed E-state index contributed by atoms with van der Waals surface area (Å²) in [5, 5.41) is 3.08. The molecule has 1 heterocycles. The molecule has 0 aromatic heterocycles. The fraction of sp³-hybridized carbons (Fsp3) is 0.909. The second-order valence-corrected chi connectivity index (χ2v) is 5.29. The molecule has 2 fully saturated rings. The van der Waals surface area contributed by atoms with E-state index >= 15 is 0 Å². The third-order valence-corrected chi connectivity index (χ3v) is 3.96. The molecule has 2 rings (SSSR count). The lowest BCUT2D eigenvalue weighted by Gasteiger charge is -2.50. The van der Waals surface area contributed by atoms with Gasteiger partial charge in [0.1, 0.15) is 0 Å². The predicted octanol–water partition coefficient (Wildman–Crippen LogP) is 0.265. The molecule has 0 aromatic carbocycles.